The summed E-state index contributed by atoms with van der Waals surface area (Å²) >= 11 is 1.25. The zero-order valence-electron chi connectivity index (χ0n) is 15.9. The molecule has 1 aromatic heterocycles. The highest BCUT2D eigenvalue weighted by atomic mass is 32.1. The number of benzene rings is 2. The summed E-state index contributed by atoms with van der Waals surface area (Å²) in [5.74, 6) is -0.104. The third-order valence-electron chi connectivity index (χ3n) is 4.15. The number of para-hydroxylation sites is 2. The van der Waals surface area contributed by atoms with Crippen LogP contribution in [0.25, 0.3) is 10.2 Å². The van der Waals surface area contributed by atoms with Crippen LogP contribution in [0.1, 0.15) is 17.3 Å². The minimum absolute atomic E-state index is 0.274. The van der Waals surface area contributed by atoms with E-state index in [1.165, 1.54) is 31.6 Å². The molecule has 6 nitrogen and oxygen atoms in total. The maximum atomic E-state index is 14.4. The molecule has 0 radical (unpaired) electrons. The Labute approximate surface area is 165 Å². The van der Waals surface area contributed by atoms with Crippen molar-refractivity contribution in [3.8, 4) is 11.5 Å². The van der Waals surface area contributed by atoms with Crippen molar-refractivity contribution < 1.29 is 23.4 Å². The zero-order chi connectivity index (χ0) is 20.1. The molecule has 28 heavy (non-hydrogen) atoms. The van der Waals surface area contributed by atoms with Gasteiger partial charge in [0.2, 0.25) is 0 Å². The molecule has 0 aliphatic heterocycles. The second kappa shape index (κ2) is 8.99. The normalized spacial score (nSPS) is 11.8. The number of hydrogen-bond donors (Lipinski definition) is 0. The topological polar surface area (TPSA) is 62.1 Å². The number of ether oxygens (including phenoxy) is 3. The van der Waals surface area contributed by atoms with Crippen LogP contribution >= 0.6 is 11.3 Å². The van der Waals surface area contributed by atoms with Gasteiger partial charge in [0.05, 0.1) is 36.6 Å². The van der Waals surface area contributed by atoms with Gasteiger partial charge in [-0.25, -0.2) is 4.39 Å². The summed E-state index contributed by atoms with van der Waals surface area (Å²) in [5.41, 5.74) is 0.687. The average molecular weight is 404 g/mol. The van der Waals surface area contributed by atoms with Gasteiger partial charge in [-0.3, -0.25) is 4.79 Å². The van der Waals surface area contributed by atoms with E-state index >= 15 is 0 Å². The average Bonchev–Trinajstić information content (AvgIpc) is 3.05. The predicted octanol–water partition coefficient (Wildman–Crippen LogP) is 3.64. The van der Waals surface area contributed by atoms with E-state index in [1.54, 1.807) is 34.9 Å². The van der Waals surface area contributed by atoms with Gasteiger partial charge >= 0.3 is 0 Å². The number of carbonyl (C=O) groups is 1. The molecule has 1 amide bonds. The molecule has 0 bridgehead atoms. The number of carbonyl (C=O) groups excluding carboxylic acids is 1. The quantitative estimate of drug-likeness (QED) is 0.564. The van der Waals surface area contributed by atoms with Crippen LogP contribution in [0.2, 0.25) is 0 Å². The summed E-state index contributed by atoms with van der Waals surface area (Å²) < 4.78 is 32.8. The number of fused-ring (bicyclic) bond motifs is 1. The second-order valence-corrected chi connectivity index (χ2v) is 6.79. The first kappa shape index (κ1) is 20.0. The third kappa shape index (κ3) is 3.93. The van der Waals surface area contributed by atoms with Crippen LogP contribution in [0.3, 0.4) is 0 Å². The van der Waals surface area contributed by atoms with Crippen LogP contribution in [0, 0.1) is 5.82 Å². The zero-order valence-corrected chi connectivity index (χ0v) is 16.7. The second-order valence-electron chi connectivity index (χ2n) is 5.78. The van der Waals surface area contributed by atoms with Crippen LogP contribution < -0.4 is 14.3 Å². The Morgan fingerprint density at radius 3 is 2.68 bits per heavy atom. The van der Waals surface area contributed by atoms with Gasteiger partial charge < -0.3 is 18.8 Å². The standard InChI is InChI=1S/C20H21FN2O4S/c1-4-27-12-11-23-17-14(21)8-6-10-16(17)28-20(23)22-19(24)13-7-5-9-15(25-2)18(13)26-3/h5-10H,4,11-12H2,1-3H3. The largest absolute Gasteiger partial charge is 0.493 e. The Bertz CT molecular complexity index is 1060. The molecule has 0 fully saturated rings. The molecular weight excluding hydrogens is 383 g/mol. The van der Waals surface area contributed by atoms with Gasteiger partial charge in [-0.1, -0.05) is 23.5 Å². The van der Waals surface area contributed by atoms with Gasteiger partial charge in [0.15, 0.2) is 16.3 Å². The van der Waals surface area contributed by atoms with Crippen LogP contribution in [0.5, 0.6) is 11.5 Å². The summed E-state index contributed by atoms with van der Waals surface area (Å²) in [6, 6.07) is 9.84. The van der Waals surface area contributed by atoms with Crippen molar-refractivity contribution in [3.63, 3.8) is 0 Å². The number of aromatic nitrogens is 1. The van der Waals surface area contributed by atoms with E-state index in [-0.39, 0.29) is 11.4 Å². The summed E-state index contributed by atoms with van der Waals surface area (Å²) in [6.07, 6.45) is 0. The van der Waals surface area contributed by atoms with Crippen molar-refractivity contribution in [2.75, 3.05) is 27.4 Å². The van der Waals surface area contributed by atoms with Crippen LogP contribution in [-0.4, -0.2) is 37.9 Å². The number of hydrogen-bond acceptors (Lipinski definition) is 5. The molecule has 0 aliphatic rings. The van der Waals surface area contributed by atoms with E-state index in [9.17, 15) is 9.18 Å². The minimum Gasteiger partial charge on any atom is -0.493 e. The molecule has 3 aromatic rings. The van der Waals surface area contributed by atoms with Gasteiger partial charge in [-0.2, -0.15) is 4.99 Å². The molecule has 8 heteroatoms. The minimum atomic E-state index is -0.493. The van der Waals surface area contributed by atoms with Gasteiger partial charge in [0, 0.05) is 13.2 Å². The molecule has 0 saturated heterocycles. The molecular formula is C20H21FN2O4S. The first-order valence-electron chi connectivity index (χ1n) is 8.76. The van der Waals surface area contributed by atoms with E-state index in [1.807, 2.05) is 6.92 Å². The highest BCUT2D eigenvalue weighted by Crippen LogP contribution is 2.31. The monoisotopic (exact) mass is 404 g/mol. The van der Waals surface area contributed by atoms with E-state index < -0.39 is 5.91 Å². The molecule has 2 aromatic carbocycles. The highest BCUT2D eigenvalue weighted by molar-refractivity contribution is 7.16. The van der Waals surface area contributed by atoms with Gasteiger partial charge in [0.1, 0.15) is 5.82 Å². The number of thiazole rings is 1. The smallest absolute Gasteiger partial charge is 0.283 e. The number of nitrogens with zero attached hydrogens (tertiary/aromatic N) is 2. The van der Waals surface area contributed by atoms with Gasteiger partial charge in [0.25, 0.3) is 5.91 Å². The Morgan fingerprint density at radius 2 is 1.96 bits per heavy atom. The first-order valence-corrected chi connectivity index (χ1v) is 9.58. The van der Waals surface area contributed by atoms with Crippen LogP contribution in [-0.2, 0) is 11.3 Å². The Kier molecular flexibility index (Phi) is 6.43. The lowest BCUT2D eigenvalue weighted by Gasteiger charge is -2.10. The van der Waals surface area contributed by atoms with Gasteiger partial charge in [-0.05, 0) is 31.2 Å². The summed E-state index contributed by atoms with van der Waals surface area (Å²) in [7, 11) is 2.96. The summed E-state index contributed by atoms with van der Waals surface area (Å²) in [4.78, 5) is 17.5. The lowest BCUT2D eigenvalue weighted by atomic mass is 10.2. The molecule has 0 saturated carbocycles. The van der Waals surface area contributed by atoms with Crippen LogP contribution in [0.4, 0.5) is 4.39 Å². The van der Waals surface area contributed by atoms with Crippen LogP contribution in [0.15, 0.2) is 41.4 Å². The van der Waals surface area contributed by atoms with Crippen molar-refractivity contribution >= 4 is 27.5 Å². The van der Waals surface area contributed by atoms with Crippen molar-refractivity contribution in [3.05, 3.63) is 52.6 Å². The van der Waals surface area contributed by atoms with Gasteiger partial charge in [-0.15, -0.1) is 0 Å². The van der Waals surface area contributed by atoms with E-state index in [0.717, 1.165) is 0 Å². The SMILES string of the molecule is CCOCCn1c(=NC(=O)c2cccc(OC)c2OC)sc2cccc(F)c21. The summed E-state index contributed by atoms with van der Waals surface area (Å²) in [6.45, 7) is 3.22. The first-order chi connectivity index (χ1) is 13.6. The Morgan fingerprint density at radius 1 is 1.18 bits per heavy atom. The molecule has 0 N–H and O–H groups in total. The van der Waals surface area contributed by atoms with E-state index in [2.05, 4.69) is 4.99 Å². The molecule has 0 atom stereocenters. The lowest BCUT2D eigenvalue weighted by Crippen LogP contribution is -2.20. The van der Waals surface area contributed by atoms with Crippen molar-refractivity contribution in [2.45, 2.75) is 13.5 Å². The number of amides is 1. The molecule has 148 valence electrons. The predicted molar refractivity (Wildman–Crippen MR) is 106 cm³/mol. The highest BCUT2D eigenvalue weighted by Gasteiger charge is 2.17. The Hall–Kier alpha value is -2.71. The fourth-order valence-corrected chi connectivity index (χ4v) is 3.95. The Balaban J connectivity index is 2.12. The third-order valence-corrected chi connectivity index (χ3v) is 5.19. The number of halogens is 1. The van der Waals surface area contributed by atoms with E-state index in [4.69, 9.17) is 14.2 Å². The number of methoxy groups -OCH3 is 2. The lowest BCUT2D eigenvalue weighted by molar-refractivity contribution is 0.0993. The fraction of sp³-hybridized carbons (Fsp3) is 0.300. The molecule has 1 heterocycles. The molecule has 3 rings (SSSR count). The molecule has 0 aliphatic carbocycles. The number of rotatable bonds is 7. The molecule has 0 unspecified atom stereocenters. The molecule has 0 spiro atoms. The van der Waals surface area contributed by atoms with Crippen molar-refractivity contribution in [1.29, 1.82) is 0 Å². The van der Waals surface area contributed by atoms with Crippen molar-refractivity contribution in [2.24, 2.45) is 4.99 Å². The van der Waals surface area contributed by atoms with E-state index in [0.29, 0.717) is 46.3 Å². The summed E-state index contributed by atoms with van der Waals surface area (Å²) in [5, 5.41) is 0. The van der Waals surface area contributed by atoms with Crippen molar-refractivity contribution in [1.82, 2.24) is 4.57 Å². The maximum absolute atomic E-state index is 14.4. The fourth-order valence-electron chi connectivity index (χ4n) is 2.88. The maximum Gasteiger partial charge on any atom is 0.283 e.